The zero-order chi connectivity index (χ0) is 12.4. The quantitative estimate of drug-likeness (QED) is 0.523. The van der Waals surface area contributed by atoms with Crippen molar-refractivity contribution in [1.29, 1.82) is 0 Å². The molecule has 0 N–H and O–H groups in total. The lowest BCUT2D eigenvalue weighted by atomic mass is 10.3. The van der Waals surface area contributed by atoms with E-state index < -0.39 is 17.8 Å². The van der Waals surface area contributed by atoms with Crippen LogP contribution in [0.5, 0.6) is 0 Å². The molecule has 88 valence electrons. The fraction of sp³-hybridized carbons (Fsp3) is 0.273. The van der Waals surface area contributed by atoms with E-state index in [0.717, 1.165) is 0 Å². The van der Waals surface area contributed by atoms with Gasteiger partial charge in [-0.1, -0.05) is 0 Å². The van der Waals surface area contributed by atoms with E-state index in [4.69, 9.17) is 4.84 Å². The van der Waals surface area contributed by atoms with Crippen LogP contribution in [0.3, 0.4) is 0 Å². The van der Waals surface area contributed by atoms with Crippen molar-refractivity contribution in [2.45, 2.75) is 12.8 Å². The molecule has 2 amide bonds. The first-order valence-electron chi connectivity index (χ1n) is 5.11. The van der Waals surface area contributed by atoms with E-state index in [9.17, 15) is 14.4 Å². The molecule has 1 fully saturated rings. The third-order valence-electron chi connectivity index (χ3n) is 2.36. The van der Waals surface area contributed by atoms with Crippen molar-refractivity contribution in [3.63, 3.8) is 0 Å². The van der Waals surface area contributed by atoms with Crippen LogP contribution in [0.25, 0.3) is 0 Å². The van der Waals surface area contributed by atoms with Gasteiger partial charge < -0.3 is 4.84 Å². The lowest BCUT2D eigenvalue weighted by Gasteiger charge is -2.11. The first-order valence-corrected chi connectivity index (χ1v) is 5.11. The smallest absolute Gasteiger partial charge is 0.325 e. The second-order valence-electron chi connectivity index (χ2n) is 3.72. The number of amides is 2. The SMILES string of the molecule is C[n+]1cccc(C(=O)ON2C(=O)CCC2=O)c1. The Bertz CT molecular complexity index is 482. The number of carbonyl (C=O) groups is 3. The average Bonchev–Trinajstić information content (AvgIpc) is 2.61. The molecule has 0 atom stereocenters. The highest BCUT2D eigenvalue weighted by atomic mass is 16.7. The normalized spacial score (nSPS) is 15.2. The van der Waals surface area contributed by atoms with Crippen molar-refractivity contribution in [3.05, 3.63) is 30.1 Å². The van der Waals surface area contributed by atoms with Gasteiger partial charge in [-0.25, -0.2) is 9.36 Å². The molecule has 1 aromatic heterocycles. The van der Waals surface area contributed by atoms with Crippen LogP contribution in [0.15, 0.2) is 24.5 Å². The minimum Gasteiger partial charge on any atom is -0.325 e. The van der Waals surface area contributed by atoms with Crippen LogP contribution in [0.2, 0.25) is 0 Å². The predicted molar refractivity (Wildman–Crippen MR) is 54.1 cm³/mol. The van der Waals surface area contributed by atoms with Crippen molar-refractivity contribution in [1.82, 2.24) is 5.06 Å². The number of nitrogens with zero attached hydrogens (tertiary/aromatic N) is 2. The molecule has 1 aliphatic rings. The fourth-order valence-electron chi connectivity index (χ4n) is 1.50. The second kappa shape index (κ2) is 4.32. The number of aryl methyl sites for hydroxylation is 1. The van der Waals surface area contributed by atoms with Crippen LogP contribution in [0, 0.1) is 0 Å². The summed E-state index contributed by atoms with van der Waals surface area (Å²) in [4.78, 5) is 38.9. The molecule has 0 unspecified atom stereocenters. The number of carbonyl (C=O) groups excluding carboxylic acids is 3. The number of pyridine rings is 1. The molecule has 0 spiro atoms. The molecule has 0 saturated carbocycles. The lowest BCUT2D eigenvalue weighted by molar-refractivity contribution is -0.671. The summed E-state index contributed by atoms with van der Waals surface area (Å²) >= 11 is 0. The van der Waals surface area contributed by atoms with Crippen molar-refractivity contribution >= 4 is 17.8 Å². The number of aromatic nitrogens is 1. The van der Waals surface area contributed by atoms with E-state index >= 15 is 0 Å². The molecule has 2 heterocycles. The maximum absolute atomic E-state index is 11.7. The topological polar surface area (TPSA) is 67.6 Å². The van der Waals surface area contributed by atoms with Gasteiger partial charge in [0.15, 0.2) is 12.4 Å². The number of hydroxylamine groups is 2. The highest BCUT2D eigenvalue weighted by Gasteiger charge is 2.33. The van der Waals surface area contributed by atoms with Crippen molar-refractivity contribution in [2.24, 2.45) is 7.05 Å². The average molecular weight is 235 g/mol. The summed E-state index contributed by atoms with van der Waals surface area (Å²) in [6.45, 7) is 0. The zero-order valence-electron chi connectivity index (χ0n) is 9.25. The van der Waals surface area contributed by atoms with Crippen molar-refractivity contribution < 1.29 is 23.8 Å². The number of hydrogen-bond donors (Lipinski definition) is 0. The molecule has 0 aliphatic carbocycles. The van der Waals surface area contributed by atoms with Gasteiger partial charge in [-0.3, -0.25) is 9.59 Å². The Morgan fingerprint density at radius 3 is 2.59 bits per heavy atom. The maximum atomic E-state index is 11.7. The molecule has 1 saturated heterocycles. The van der Waals surface area contributed by atoms with Crippen LogP contribution >= 0.6 is 0 Å². The van der Waals surface area contributed by atoms with Crippen LogP contribution in [-0.2, 0) is 21.5 Å². The van der Waals surface area contributed by atoms with E-state index in [1.807, 2.05) is 0 Å². The molecule has 1 aliphatic heterocycles. The molecule has 0 radical (unpaired) electrons. The van der Waals surface area contributed by atoms with Gasteiger partial charge in [-0.2, -0.15) is 0 Å². The predicted octanol–water partition coefficient (Wildman–Crippen LogP) is -0.268. The van der Waals surface area contributed by atoms with Crippen molar-refractivity contribution in [3.8, 4) is 0 Å². The van der Waals surface area contributed by atoms with Gasteiger partial charge in [0.2, 0.25) is 0 Å². The third kappa shape index (κ3) is 2.30. The van der Waals surface area contributed by atoms with E-state index in [0.29, 0.717) is 5.06 Å². The minimum atomic E-state index is -0.718. The molecule has 1 aromatic rings. The van der Waals surface area contributed by atoms with Crippen LogP contribution in [-0.4, -0.2) is 22.8 Å². The van der Waals surface area contributed by atoms with Gasteiger partial charge in [0.1, 0.15) is 12.6 Å². The number of imide groups is 1. The molecule has 0 aromatic carbocycles. The molecule has 6 heteroatoms. The van der Waals surface area contributed by atoms with Crippen molar-refractivity contribution in [2.75, 3.05) is 0 Å². The van der Waals surface area contributed by atoms with Crippen LogP contribution in [0.1, 0.15) is 23.2 Å². The summed E-state index contributed by atoms with van der Waals surface area (Å²) < 4.78 is 1.67. The van der Waals surface area contributed by atoms with Gasteiger partial charge in [0.25, 0.3) is 11.8 Å². The molecule has 0 bridgehead atoms. The monoisotopic (exact) mass is 235 g/mol. The van der Waals surface area contributed by atoms with Gasteiger partial charge in [0, 0.05) is 18.9 Å². The van der Waals surface area contributed by atoms with Gasteiger partial charge >= 0.3 is 5.97 Å². The summed E-state index contributed by atoms with van der Waals surface area (Å²) in [5.41, 5.74) is 0.280. The Balaban J connectivity index is 2.12. The summed E-state index contributed by atoms with van der Waals surface area (Å²) in [7, 11) is 1.75. The van der Waals surface area contributed by atoms with Crippen LogP contribution in [0.4, 0.5) is 0 Å². The Labute approximate surface area is 97.4 Å². The highest BCUT2D eigenvalue weighted by molar-refractivity contribution is 6.02. The number of hydrogen-bond acceptors (Lipinski definition) is 4. The van der Waals surface area contributed by atoms with Gasteiger partial charge in [-0.15, -0.1) is 5.06 Å². The first-order chi connectivity index (χ1) is 8.08. The Morgan fingerprint density at radius 2 is 2.00 bits per heavy atom. The Kier molecular flexibility index (Phi) is 2.86. The lowest BCUT2D eigenvalue weighted by Crippen LogP contribution is -2.33. The minimum absolute atomic E-state index is 0.0919. The largest absolute Gasteiger partial charge is 0.369 e. The highest BCUT2D eigenvalue weighted by Crippen LogP contribution is 2.13. The van der Waals surface area contributed by atoms with Gasteiger partial charge in [-0.05, 0) is 6.07 Å². The Hall–Kier alpha value is -2.24. The summed E-state index contributed by atoms with van der Waals surface area (Å²) in [5, 5.41) is 0.537. The standard InChI is InChI=1S/C11H11N2O4/c1-12-6-2-3-8(7-12)11(16)17-13-9(14)4-5-10(13)15/h2-3,6-7H,4-5H2,1H3/q+1. The maximum Gasteiger partial charge on any atom is 0.369 e. The third-order valence-corrected chi connectivity index (χ3v) is 2.36. The molecular weight excluding hydrogens is 224 g/mol. The molecule has 2 rings (SSSR count). The summed E-state index contributed by atoms with van der Waals surface area (Å²) in [5.74, 6) is -1.68. The van der Waals surface area contributed by atoms with E-state index in [2.05, 4.69) is 0 Å². The van der Waals surface area contributed by atoms with Gasteiger partial charge in [0.05, 0.1) is 0 Å². The Morgan fingerprint density at radius 1 is 1.35 bits per heavy atom. The van der Waals surface area contributed by atoms with E-state index in [-0.39, 0.29) is 18.4 Å². The first kappa shape index (κ1) is 11.3. The fourth-order valence-corrected chi connectivity index (χ4v) is 1.50. The van der Waals surface area contributed by atoms with E-state index in [1.54, 1.807) is 36.1 Å². The molecule has 17 heavy (non-hydrogen) atoms. The van der Waals surface area contributed by atoms with Crippen LogP contribution < -0.4 is 4.57 Å². The second-order valence-corrected chi connectivity index (χ2v) is 3.72. The molecular formula is C11H11N2O4+. The summed E-state index contributed by atoms with van der Waals surface area (Å²) in [6.07, 6.45) is 3.49. The zero-order valence-corrected chi connectivity index (χ0v) is 9.25. The summed E-state index contributed by atoms with van der Waals surface area (Å²) in [6, 6.07) is 3.22. The number of rotatable bonds is 2. The van der Waals surface area contributed by atoms with E-state index in [1.165, 1.54) is 0 Å². The molecule has 6 nitrogen and oxygen atoms in total.